The van der Waals surface area contributed by atoms with Crippen molar-refractivity contribution in [3.05, 3.63) is 29.6 Å². The van der Waals surface area contributed by atoms with Gasteiger partial charge in [0.05, 0.1) is 5.69 Å². The number of carbonyl (C=O) groups excluding carboxylic acids is 2. The molecule has 0 aliphatic carbocycles. The smallest absolute Gasteiger partial charge is 0.255 e. The van der Waals surface area contributed by atoms with E-state index in [0.717, 1.165) is 36.2 Å². The summed E-state index contributed by atoms with van der Waals surface area (Å²) in [6, 6.07) is 7.52. The molecule has 1 aromatic heterocycles. The molecule has 0 bridgehead atoms. The van der Waals surface area contributed by atoms with Crippen LogP contribution >= 0.6 is 11.3 Å². The number of hydrogen-bond donors (Lipinski definition) is 2. The molecule has 1 unspecified atom stereocenters. The summed E-state index contributed by atoms with van der Waals surface area (Å²) in [5, 5.41) is 8.13. The van der Waals surface area contributed by atoms with Gasteiger partial charge in [-0.05, 0) is 31.4 Å². The summed E-state index contributed by atoms with van der Waals surface area (Å²) >= 11 is 1.38. The molecule has 6 nitrogen and oxygen atoms in total. The second-order valence-electron chi connectivity index (χ2n) is 5.90. The molecule has 1 fully saturated rings. The maximum atomic E-state index is 12.1. The molecule has 3 rings (SSSR count). The molecular formula is C18H21N3O3S. The minimum atomic E-state index is -0.363. The number of amides is 2. The molecule has 2 amide bonds. The van der Waals surface area contributed by atoms with Gasteiger partial charge in [0, 0.05) is 29.7 Å². The van der Waals surface area contributed by atoms with Gasteiger partial charge in [0.25, 0.3) is 5.91 Å². The van der Waals surface area contributed by atoms with Crippen molar-refractivity contribution in [2.24, 2.45) is 0 Å². The van der Waals surface area contributed by atoms with Crippen LogP contribution in [-0.4, -0.2) is 29.5 Å². The van der Waals surface area contributed by atoms with Gasteiger partial charge in [0.1, 0.15) is 6.10 Å². The van der Waals surface area contributed by atoms with Crippen LogP contribution in [0.25, 0.3) is 11.3 Å². The zero-order chi connectivity index (χ0) is 17.6. The van der Waals surface area contributed by atoms with Crippen LogP contribution in [0.4, 0.5) is 10.8 Å². The zero-order valence-electron chi connectivity index (χ0n) is 14.1. The van der Waals surface area contributed by atoms with Gasteiger partial charge in [-0.2, -0.15) is 0 Å². The van der Waals surface area contributed by atoms with E-state index in [0.29, 0.717) is 18.2 Å². The average molecular weight is 359 g/mol. The molecule has 1 saturated heterocycles. The van der Waals surface area contributed by atoms with E-state index in [2.05, 4.69) is 15.6 Å². The van der Waals surface area contributed by atoms with E-state index in [1.807, 2.05) is 36.6 Å². The van der Waals surface area contributed by atoms with Crippen molar-refractivity contribution in [1.29, 1.82) is 0 Å². The number of anilines is 2. The summed E-state index contributed by atoms with van der Waals surface area (Å²) in [6.45, 7) is 2.61. The molecule has 1 aliphatic heterocycles. The first-order valence-corrected chi connectivity index (χ1v) is 9.32. The van der Waals surface area contributed by atoms with E-state index in [-0.39, 0.29) is 17.9 Å². The lowest BCUT2D eigenvalue weighted by Gasteiger charge is -2.07. The van der Waals surface area contributed by atoms with Crippen molar-refractivity contribution in [2.45, 2.75) is 38.7 Å². The van der Waals surface area contributed by atoms with E-state index < -0.39 is 0 Å². The largest absolute Gasteiger partial charge is 0.368 e. The Morgan fingerprint density at radius 2 is 2.08 bits per heavy atom. The normalized spacial score (nSPS) is 16.6. The molecule has 7 heteroatoms. The number of aromatic nitrogens is 1. The summed E-state index contributed by atoms with van der Waals surface area (Å²) in [6.07, 6.45) is 2.65. The number of benzene rings is 1. The molecule has 0 spiro atoms. The molecule has 1 aliphatic rings. The highest BCUT2D eigenvalue weighted by Crippen LogP contribution is 2.26. The number of hydrogen-bond acceptors (Lipinski definition) is 5. The first-order chi connectivity index (χ1) is 12.2. The van der Waals surface area contributed by atoms with Gasteiger partial charge in [-0.25, -0.2) is 4.98 Å². The Labute approximate surface area is 150 Å². The maximum Gasteiger partial charge on any atom is 0.255 e. The van der Waals surface area contributed by atoms with Crippen molar-refractivity contribution in [3.8, 4) is 11.3 Å². The lowest BCUT2D eigenvalue weighted by atomic mass is 10.1. The van der Waals surface area contributed by atoms with Gasteiger partial charge in [-0.3, -0.25) is 14.9 Å². The van der Waals surface area contributed by atoms with Crippen molar-refractivity contribution >= 4 is 34.0 Å². The fourth-order valence-corrected chi connectivity index (χ4v) is 3.33. The van der Waals surface area contributed by atoms with E-state index in [9.17, 15) is 9.59 Å². The van der Waals surface area contributed by atoms with Gasteiger partial charge in [-0.1, -0.05) is 19.1 Å². The minimum Gasteiger partial charge on any atom is -0.368 e. The SMILES string of the molecule is CCCC(=O)Nc1ccc(-c2csc(NC(=O)C3CCCO3)n2)cc1. The Kier molecular flexibility index (Phi) is 5.78. The Morgan fingerprint density at radius 1 is 1.28 bits per heavy atom. The fraction of sp³-hybridized carbons (Fsp3) is 0.389. The lowest BCUT2D eigenvalue weighted by Crippen LogP contribution is -2.26. The predicted octanol–water partition coefficient (Wildman–Crippen LogP) is 3.67. The second kappa shape index (κ2) is 8.22. The van der Waals surface area contributed by atoms with Gasteiger partial charge < -0.3 is 10.1 Å². The van der Waals surface area contributed by atoms with Crippen molar-refractivity contribution < 1.29 is 14.3 Å². The number of nitrogens with one attached hydrogen (secondary N) is 2. The fourth-order valence-electron chi connectivity index (χ4n) is 2.61. The Balaban J connectivity index is 1.61. The van der Waals surface area contributed by atoms with Gasteiger partial charge in [0.2, 0.25) is 5.91 Å². The Morgan fingerprint density at radius 3 is 2.76 bits per heavy atom. The number of rotatable bonds is 6. The maximum absolute atomic E-state index is 12.1. The molecule has 1 atom stereocenters. The van der Waals surface area contributed by atoms with Crippen LogP contribution in [0, 0.1) is 0 Å². The number of carbonyl (C=O) groups is 2. The summed E-state index contributed by atoms with van der Waals surface area (Å²) < 4.78 is 5.37. The Bertz CT molecular complexity index is 736. The van der Waals surface area contributed by atoms with Crippen LogP contribution in [0.1, 0.15) is 32.6 Å². The van der Waals surface area contributed by atoms with E-state index in [1.165, 1.54) is 11.3 Å². The second-order valence-corrected chi connectivity index (χ2v) is 6.76. The molecular weight excluding hydrogens is 338 g/mol. The summed E-state index contributed by atoms with van der Waals surface area (Å²) in [4.78, 5) is 28.1. The molecule has 2 heterocycles. The monoisotopic (exact) mass is 359 g/mol. The first-order valence-electron chi connectivity index (χ1n) is 8.44. The highest BCUT2D eigenvalue weighted by molar-refractivity contribution is 7.14. The molecule has 0 saturated carbocycles. The van der Waals surface area contributed by atoms with E-state index in [1.54, 1.807) is 0 Å². The van der Waals surface area contributed by atoms with E-state index in [4.69, 9.17) is 4.74 Å². The van der Waals surface area contributed by atoms with Crippen LogP contribution in [0.3, 0.4) is 0 Å². The molecule has 1 aromatic carbocycles. The summed E-state index contributed by atoms with van der Waals surface area (Å²) in [5.41, 5.74) is 2.49. The van der Waals surface area contributed by atoms with Crippen LogP contribution in [-0.2, 0) is 14.3 Å². The predicted molar refractivity (Wildman–Crippen MR) is 98.7 cm³/mol. The van der Waals surface area contributed by atoms with E-state index >= 15 is 0 Å². The number of nitrogens with zero attached hydrogens (tertiary/aromatic N) is 1. The third kappa shape index (κ3) is 4.64. The molecule has 2 aromatic rings. The lowest BCUT2D eigenvalue weighted by molar-refractivity contribution is -0.124. The highest BCUT2D eigenvalue weighted by atomic mass is 32.1. The third-order valence-electron chi connectivity index (χ3n) is 3.90. The van der Waals surface area contributed by atoms with Gasteiger partial charge in [-0.15, -0.1) is 11.3 Å². The quantitative estimate of drug-likeness (QED) is 0.825. The Hall–Kier alpha value is -2.25. The average Bonchev–Trinajstić information content (AvgIpc) is 3.27. The standard InChI is InChI=1S/C18H21N3O3S/c1-2-4-16(22)19-13-8-6-12(7-9-13)14-11-25-18(20-14)21-17(23)15-5-3-10-24-15/h6-9,11,15H,2-5,10H2,1H3,(H,19,22)(H,20,21,23). The number of ether oxygens (including phenoxy) is 1. The van der Waals surface area contributed by atoms with Gasteiger partial charge in [0.15, 0.2) is 5.13 Å². The number of thiazole rings is 1. The van der Waals surface area contributed by atoms with Crippen molar-refractivity contribution in [1.82, 2.24) is 4.98 Å². The molecule has 132 valence electrons. The third-order valence-corrected chi connectivity index (χ3v) is 4.66. The summed E-state index contributed by atoms with van der Waals surface area (Å²) in [5.74, 6) is -0.115. The van der Waals surface area contributed by atoms with Crippen LogP contribution in [0.2, 0.25) is 0 Å². The van der Waals surface area contributed by atoms with Crippen LogP contribution in [0.15, 0.2) is 29.6 Å². The van der Waals surface area contributed by atoms with Crippen molar-refractivity contribution in [2.75, 3.05) is 17.2 Å². The van der Waals surface area contributed by atoms with Crippen LogP contribution < -0.4 is 10.6 Å². The molecule has 2 N–H and O–H groups in total. The zero-order valence-corrected chi connectivity index (χ0v) is 14.9. The highest BCUT2D eigenvalue weighted by Gasteiger charge is 2.24. The summed E-state index contributed by atoms with van der Waals surface area (Å²) in [7, 11) is 0. The van der Waals surface area contributed by atoms with Crippen molar-refractivity contribution in [3.63, 3.8) is 0 Å². The molecule has 25 heavy (non-hydrogen) atoms. The van der Waals surface area contributed by atoms with Gasteiger partial charge >= 0.3 is 0 Å². The first kappa shape index (κ1) is 17.6. The van der Waals surface area contributed by atoms with Crippen LogP contribution in [0.5, 0.6) is 0 Å². The topological polar surface area (TPSA) is 80.3 Å². The minimum absolute atomic E-state index is 0.0167. The molecule has 0 radical (unpaired) electrons.